The fourth-order valence-corrected chi connectivity index (χ4v) is 5.55. The van der Waals surface area contributed by atoms with Gasteiger partial charge in [0.2, 0.25) is 0 Å². The Morgan fingerprint density at radius 1 is 0.947 bits per heavy atom. The number of carbonyl (C=O) groups excluding carboxylic acids is 3. The third-order valence-corrected chi connectivity index (χ3v) is 7.59. The maximum absolute atomic E-state index is 13.7. The lowest BCUT2D eigenvalue weighted by atomic mass is 9.79. The summed E-state index contributed by atoms with van der Waals surface area (Å²) in [5.74, 6) is -0.496. The molecule has 3 aromatic rings. The SMILES string of the molecule is CCOC(=O)C1=CC2(CC1)CCN(C(=O)c1ccc(NC(=O)c3ccccc3C)cc1)c1ccccc1C2. The molecule has 5 rings (SSSR count). The van der Waals surface area contributed by atoms with Gasteiger partial charge >= 0.3 is 5.97 Å². The summed E-state index contributed by atoms with van der Waals surface area (Å²) in [6.45, 7) is 4.63. The normalized spacial score (nSPS) is 18.4. The number of aryl methyl sites for hydroxylation is 1. The van der Waals surface area contributed by atoms with Gasteiger partial charge in [0, 0.05) is 34.6 Å². The minimum atomic E-state index is -0.232. The highest BCUT2D eigenvalue weighted by Crippen LogP contribution is 2.46. The largest absolute Gasteiger partial charge is 0.463 e. The summed E-state index contributed by atoms with van der Waals surface area (Å²) in [4.78, 5) is 40.6. The standard InChI is InChI=1S/C32H32N2O4/c1-3-38-31(37)25-16-17-32(21-25)18-19-34(28-11-7-5-9-24(28)20-32)30(36)23-12-14-26(15-13-23)33-29(35)27-10-6-4-8-22(27)2/h4-15,21H,3,16-20H2,1-2H3,(H,33,35). The van der Waals surface area contributed by atoms with Gasteiger partial charge < -0.3 is 15.0 Å². The fraction of sp³-hybridized carbons (Fsp3) is 0.281. The van der Waals surface area contributed by atoms with Crippen molar-refractivity contribution >= 4 is 29.2 Å². The van der Waals surface area contributed by atoms with Crippen LogP contribution in [0, 0.1) is 12.3 Å². The fourth-order valence-electron chi connectivity index (χ4n) is 5.55. The zero-order valence-electron chi connectivity index (χ0n) is 21.8. The summed E-state index contributed by atoms with van der Waals surface area (Å²) in [6.07, 6.45) is 5.21. The molecule has 6 nitrogen and oxygen atoms in total. The van der Waals surface area contributed by atoms with Gasteiger partial charge in [0.25, 0.3) is 11.8 Å². The van der Waals surface area contributed by atoms with Gasteiger partial charge in [-0.05, 0) is 92.5 Å². The molecule has 2 aliphatic rings. The molecule has 38 heavy (non-hydrogen) atoms. The van der Waals surface area contributed by atoms with E-state index in [1.165, 1.54) is 0 Å². The van der Waals surface area contributed by atoms with Crippen molar-refractivity contribution in [1.82, 2.24) is 0 Å². The molecule has 0 radical (unpaired) electrons. The second-order valence-electron chi connectivity index (χ2n) is 10.1. The molecule has 1 unspecified atom stereocenters. The lowest BCUT2D eigenvalue weighted by molar-refractivity contribution is -0.138. The van der Waals surface area contributed by atoms with Crippen molar-refractivity contribution < 1.29 is 19.1 Å². The second-order valence-corrected chi connectivity index (χ2v) is 10.1. The molecule has 1 aliphatic heterocycles. The molecular formula is C32H32N2O4. The Morgan fingerprint density at radius 2 is 1.68 bits per heavy atom. The topological polar surface area (TPSA) is 75.7 Å². The summed E-state index contributed by atoms with van der Waals surface area (Å²) in [6, 6.07) is 22.5. The van der Waals surface area contributed by atoms with E-state index in [0.717, 1.165) is 41.6 Å². The molecular weight excluding hydrogens is 476 g/mol. The molecule has 0 fully saturated rings. The van der Waals surface area contributed by atoms with Crippen LogP contribution in [0.15, 0.2) is 84.4 Å². The predicted octanol–water partition coefficient (Wildman–Crippen LogP) is 6.11. The minimum absolute atomic E-state index is 0.0844. The zero-order chi connectivity index (χ0) is 26.7. The van der Waals surface area contributed by atoms with Gasteiger partial charge in [-0.3, -0.25) is 9.59 Å². The van der Waals surface area contributed by atoms with Gasteiger partial charge in [-0.15, -0.1) is 0 Å². The lowest BCUT2D eigenvalue weighted by Crippen LogP contribution is -2.33. The van der Waals surface area contributed by atoms with Crippen molar-refractivity contribution in [1.29, 1.82) is 0 Å². The maximum Gasteiger partial charge on any atom is 0.333 e. The molecule has 2 amide bonds. The number of fused-ring (bicyclic) bond motifs is 1. The monoisotopic (exact) mass is 508 g/mol. The van der Waals surface area contributed by atoms with Gasteiger partial charge in [0.15, 0.2) is 0 Å². The van der Waals surface area contributed by atoms with Gasteiger partial charge in [-0.2, -0.15) is 0 Å². The number of rotatable bonds is 5. The first-order valence-corrected chi connectivity index (χ1v) is 13.1. The number of ether oxygens (including phenoxy) is 1. The van der Waals surface area contributed by atoms with Crippen molar-refractivity contribution in [2.24, 2.45) is 5.41 Å². The first-order chi connectivity index (χ1) is 18.4. The maximum atomic E-state index is 13.7. The highest BCUT2D eigenvalue weighted by Gasteiger charge is 2.39. The van der Waals surface area contributed by atoms with E-state index in [1.54, 1.807) is 30.3 Å². The first-order valence-electron chi connectivity index (χ1n) is 13.1. The molecule has 1 heterocycles. The van der Waals surface area contributed by atoms with E-state index in [4.69, 9.17) is 4.74 Å². The highest BCUT2D eigenvalue weighted by atomic mass is 16.5. The van der Waals surface area contributed by atoms with Crippen LogP contribution >= 0.6 is 0 Å². The molecule has 1 spiro atoms. The van der Waals surface area contributed by atoms with Crippen LogP contribution in [0.1, 0.15) is 58.0 Å². The average Bonchev–Trinajstić information content (AvgIpc) is 3.26. The van der Waals surface area contributed by atoms with Crippen molar-refractivity contribution in [2.45, 2.75) is 39.5 Å². The number of para-hydroxylation sites is 1. The number of benzene rings is 3. The van der Waals surface area contributed by atoms with E-state index in [1.807, 2.05) is 55.1 Å². The van der Waals surface area contributed by atoms with Crippen LogP contribution in [0.2, 0.25) is 0 Å². The Morgan fingerprint density at radius 3 is 2.45 bits per heavy atom. The van der Waals surface area contributed by atoms with E-state index in [0.29, 0.717) is 36.4 Å². The predicted molar refractivity (Wildman–Crippen MR) is 148 cm³/mol. The lowest BCUT2D eigenvalue weighted by Gasteiger charge is -2.26. The molecule has 0 bridgehead atoms. The second kappa shape index (κ2) is 10.7. The van der Waals surface area contributed by atoms with Crippen molar-refractivity contribution in [2.75, 3.05) is 23.4 Å². The number of anilines is 2. The molecule has 194 valence electrons. The molecule has 3 aromatic carbocycles. The number of nitrogens with zero attached hydrogens (tertiary/aromatic N) is 1. The smallest absolute Gasteiger partial charge is 0.333 e. The molecule has 0 saturated heterocycles. The van der Waals surface area contributed by atoms with Gasteiger partial charge in [0.05, 0.1) is 6.61 Å². The quantitative estimate of drug-likeness (QED) is 0.422. The average molecular weight is 509 g/mol. The van der Waals surface area contributed by atoms with Crippen molar-refractivity contribution in [3.05, 3.63) is 107 Å². The first kappa shape index (κ1) is 25.5. The molecule has 1 atom stereocenters. The summed E-state index contributed by atoms with van der Waals surface area (Å²) >= 11 is 0. The van der Waals surface area contributed by atoms with Crippen LogP contribution < -0.4 is 10.2 Å². The van der Waals surface area contributed by atoms with E-state index < -0.39 is 0 Å². The number of amides is 2. The van der Waals surface area contributed by atoms with Crippen LogP contribution in [0.5, 0.6) is 0 Å². The van der Waals surface area contributed by atoms with E-state index in [2.05, 4.69) is 17.5 Å². The van der Waals surface area contributed by atoms with Crippen LogP contribution in [0.4, 0.5) is 11.4 Å². The number of hydrogen-bond donors (Lipinski definition) is 1. The number of allylic oxidation sites excluding steroid dienone is 1. The molecule has 0 saturated carbocycles. The summed E-state index contributed by atoms with van der Waals surface area (Å²) < 4.78 is 5.24. The third kappa shape index (κ3) is 5.12. The number of hydrogen-bond acceptors (Lipinski definition) is 4. The van der Waals surface area contributed by atoms with Gasteiger partial charge in [0.1, 0.15) is 0 Å². The Kier molecular flexibility index (Phi) is 7.14. The van der Waals surface area contributed by atoms with Crippen molar-refractivity contribution in [3.63, 3.8) is 0 Å². The summed E-state index contributed by atoms with van der Waals surface area (Å²) in [7, 11) is 0. The number of esters is 1. The highest BCUT2D eigenvalue weighted by molar-refractivity contribution is 6.08. The Bertz CT molecular complexity index is 1410. The van der Waals surface area contributed by atoms with Crippen LogP contribution in [-0.4, -0.2) is 30.9 Å². The van der Waals surface area contributed by atoms with Gasteiger partial charge in [-0.1, -0.05) is 42.5 Å². The molecule has 1 aliphatic carbocycles. The van der Waals surface area contributed by atoms with Crippen LogP contribution in [0.3, 0.4) is 0 Å². The summed E-state index contributed by atoms with van der Waals surface area (Å²) in [5, 5.41) is 2.92. The van der Waals surface area contributed by atoms with E-state index in [9.17, 15) is 14.4 Å². The number of carbonyl (C=O) groups is 3. The number of nitrogens with one attached hydrogen (secondary N) is 1. The van der Waals surface area contributed by atoms with Crippen LogP contribution in [-0.2, 0) is 16.0 Å². The zero-order valence-corrected chi connectivity index (χ0v) is 21.8. The molecule has 6 heteroatoms. The molecule has 1 N–H and O–H groups in total. The Balaban J connectivity index is 1.35. The Labute approximate surface area is 223 Å². The van der Waals surface area contributed by atoms with Crippen LogP contribution in [0.25, 0.3) is 0 Å². The van der Waals surface area contributed by atoms with E-state index >= 15 is 0 Å². The van der Waals surface area contributed by atoms with E-state index in [-0.39, 0.29) is 23.2 Å². The molecule has 0 aromatic heterocycles. The third-order valence-electron chi connectivity index (χ3n) is 7.59. The van der Waals surface area contributed by atoms with Gasteiger partial charge in [-0.25, -0.2) is 4.79 Å². The minimum Gasteiger partial charge on any atom is -0.463 e. The van der Waals surface area contributed by atoms with Crippen molar-refractivity contribution in [3.8, 4) is 0 Å². The Hall–Kier alpha value is -4.19. The summed E-state index contributed by atoms with van der Waals surface area (Å²) in [5.41, 5.74) is 5.29.